The fourth-order valence-electron chi connectivity index (χ4n) is 2.38. The molecule has 0 aliphatic carbocycles. The lowest BCUT2D eigenvalue weighted by atomic mass is 9.99. The van der Waals surface area contributed by atoms with Gasteiger partial charge in [-0.25, -0.2) is 0 Å². The number of phenols is 2. The number of nitrogens with zero attached hydrogens (tertiary/aromatic N) is 2. The highest BCUT2D eigenvalue weighted by Crippen LogP contribution is 2.39. The van der Waals surface area contributed by atoms with Gasteiger partial charge in [0.15, 0.2) is 11.5 Å². The van der Waals surface area contributed by atoms with Crippen molar-refractivity contribution in [1.82, 2.24) is 0 Å². The summed E-state index contributed by atoms with van der Waals surface area (Å²) in [5, 5.41) is 26.6. The molecule has 0 heterocycles. The summed E-state index contributed by atoms with van der Waals surface area (Å²) in [6.45, 7) is 1.94. The summed E-state index contributed by atoms with van der Waals surface area (Å²) in [5.41, 5.74) is 2.35. The van der Waals surface area contributed by atoms with Gasteiger partial charge in [0.05, 0.1) is 16.1 Å². The van der Waals surface area contributed by atoms with Crippen LogP contribution < -0.4 is 9.68 Å². The lowest BCUT2D eigenvalue weighted by molar-refractivity contribution is 0.208. The molecule has 25 heavy (non-hydrogen) atoms. The average Bonchev–Trinajstić information content (AvgIpc) is 2.60. The molecule has 6 heteroatoms. The number of aromatic hydroxyl groups is 2. The van der Waals surface area contributed by atoms with Gasteiger partial charge in [0.1, 0.15) is 11.5 Å². The normalized spacial score (nSPS) is 10.8. The molecule has 0 saturated carbocycles. The first-order chi connectivity index (χ1) is 12.1. The van der Waals surface area contributed by atoms with Crippen molar-refractivity contribution in [3.63, 3.8) is 0 Å². The van der Waals surface area contributed by atoms with Gasteiger partial charge in [-0.05, 0) is 42.3 Å². The molecular weight excluding hydrogens is 320 g/mol. The first kappa shape index (κ1) is 16.3. The molecule has 0 amide bonds. The van der Waals surface area contributed by atoms with E-state index in [1.54, 1.807) is 30.3 Å². The molecule has 0 fully saturated rings. The Bertz CT molecular complexity index is 909. The molecule has 126 valence electrons. The molecule has 6 nitrogen and oxygen atoms in total. The Hall–Kier alpha value is -3.54. The Labute approximate surface area is 144 Å². The smallest absolute Gasteiger partial charge is 0.171 e. The lowest BCUT2D eigenvalue weighted by Crippen LogP contribution is -1.91. The summed E-state index contributed by atoms with van der Waals surface area (Å²) < 4.78 is 0. The summed E-state index contributed by atoms with van der Waals surface area (Å²) >= 11 is 0. The minimum Gasteiger partial charge on any atom is -0.508 e. The molecule has 2 N–H and O–H groups in total. The van der Waals surface area contributed by atoms with Crippen molar-refractivity contribution in [2.45, 2.75) is 6.92 Å². The third-order valence-corrected chi connectivity index (χ3v) is 3.55. The highest BCUT2D eigenvalue weighted by Gasteiger charge is 2.13. The van der Waals surface area contributed by atoms with Gasteiger partial charge in [-0.15, -0.1) is 0 Å². The van der Waals surface area contributed by atoms with Crippen molar-refractivity contribution in [1.29, 1.82) is 0 Å². The zero-order chi connectivity index (χ0) is 17.6. The van der Waals surface area contributed by atoms with Crippen molar-refractivity contribution in [2.24, 2.45) is 10.6 Å². The Morgan fingerprint density at radius 2 is 1.56 bits per heavy atom. The van der Waals surface area contributed by atoms with E-state index in [0.29, 0.717) is 17.1 Å². The Morgan fingerprint density at radius 1 is 0.800 bits per heavy atom. The van der Waals surface area contributed by atoms with E-state index in [2.05, 4.69) is 10.6 Å². The van der Waals surface area contributed by atoms with E-state index >= 15 is 0 Å². The maximum absolute atomic E-state index is 10.2. The summed E-state index contributed by atoms with van der Waals surface area (Å²) in [7, 11) is 0. The van der Waals surface area contributed by atoms with E-state index < -0.39 is 0 Å². The fraction of sp³-hybridized carbons (Fsp3) is 0.0526. The van der Waals surface area contributed by atoms with Crippen LogP contribution in [0.25, 0.3) is 11.1 Å². The van der Waals surface area contributed by atoms with Gasteiger partial charge in [0, 0.05) is 6.07 Å². The molecule has 0 saturated heterocycles. The topological polar surface area (TPSA) is 83.6 Å². The third-order valence-electron chi connectivity index (χ3n) is 3.55. The van der Waals surface area contributed by atoms with Crippen LogP contribution in [-0.2, 0) is 0 Å². The first-order valence-corrected chi connectivity index (χ1v) is 7.56. The van der Waals surface area contributed by atoms with E-state index in [-0.39, 0.29) is 11.5 Å². The number of aryl methyl sites for hydroxylation is 1. The first-order valence-electron chi connectivity index (χ1n) is 7.56. The van der Waals surface area contributed by atoms with E-state index in [9.17, 15) is 10.2 Å². The minimum absolute atomic E-state index is 0.0587. The third kappa shape index (κ3) is 3.87. The summed E-state index contributed by atoms with van der Waals surface area (Å²) in [6.07, 6.45) is 0. The maximum Gasteiger partial charge on any atom is 0.171 e. The molecular formula is C19H16N2O4. The number of hydrogen-bond acceptors (Lipinski definition) is 6. The molecule has 3 aromatic rings. The molecule has 0 unspecified atom stereocenters. The highest BCUT2D eigenvalue weighted by molar-refractivity contribution is 5.78. The molecule has 0 aliphatic heterocycles. The second-order valence-electron chi connectivity index (χ2n) is 5.31. The molecule has 0 aliphatic rings. The number of benzene rings is 3. The molecule has 0 bridgehead atoms. The summed E-state index contributed by atoms with van der Waals surface area (Å²) in [5.74, 6) is 0.805. The van der Waals surface area contributed by atoms with E-state index in [1.165, 1.54) is 12.1 Å². The maximum atomic E-state index is 10.2. The zero-order valence-corrected chi connectivity index (χ0v) is 13.5. The van der Waals surface area contributed by atoms with Crippen LogP contribution in [0.2, 0.25) is 0 Å². The van der Waals surface area contributed by atoms with Crippen LogP contribution in [0.4, 0.5) is 0 Å². The van der Waals surface area contributed by atoms with Gasteiger partial charge < -0.3 is 19.9 Å². The van der Waals surface area contributed by atoms with Crippen LogP contribution in [0.3, 0.4) is 0 Å². The highest BCUT2D eigenvalue weighted by atomic mass is 16.7. The van der Waals surface area contributed by atoms with Crippen LogP contribution >= 0.6 is 0 Å². The monoisotopic (exact) mass is 336 g/mol. The van der Waals surface area contributed by atoms with Crippen molar-refractivity contribution in [3.8, 4) is 34.1 Å². The summed E-state index contributed by atoms with van der Waals surface area (Å²) in [4.78, 5) is 10.3. The van der Waals surface area contributed by atoms with E-state index in [4.69, 9.17) is 9.68 Å². The van der Waals surface area contributed by atoms with Gasteiger partial charge in [-0.1, -0.05) is 36.4 Å². The van der Waals surface area contributed by atoms with Gasteiger partial charge in [-0.3, -0.25) is 0 Å². The van der Waals surface area contributed by atoms with Gasteiger partial charge in [-0.2, -0.15) is 0 Å². The van der Waals surface area contributed by atoms with E-state index in [1.807, 2.05) is 31.2 Å². The SMILES string of the molecule is Cc1ccccc1-c1c(O)cccc1ON=NOc1cccc(O)c1. The molecule has 0 aromatic heterocycles. The predicted molar refractivity (Wildman–Crippen MR) is 92.5 cm³/mol. The van der Waals surface area contributed by atoms with Crippen LogP contribution in [-0.4, -0.2) is 10.2 Å². The van der Waals surface area contributed by atoms with E-state index in [0.717, 1.165) is 11.1 Å². The molecule has 0 radical (unpaired) electrons. The molecule has 3 rings (SSSR count). The van der Waals surface area contributed by atoms with Crippen LogP contribution in [0.5, 0.6) is 23.0 Å². The number of rotatable bonds is 5. The van der Waals surface area contributed by atoms with Gasteiger partial charge in [0.2, 0.25) is 0 Å². The largest absolute Gasteiger partial charge is 0.508 e. The summed E-state index contributed by atoms with van der Waals surface area (Å²) in [6, 6.07) is 18.7. The minimum atomic E-state index is 0.0587. The quantitative estimate of drug-likeness (QED) is 0.517. The second kappa shape index (κ2) is 7.35. The van der Waals surface area contributed by atoms with Crippen LogP contribution in [0, 0.1) is 6.92 Å². The average molecular weight is 336 g/mol. The molecule has 0 spiro atoms. The fourth-order valence-corrected chi connectivity index (χ4v) is 2.38. The Kier molecular flexibility index (Phi) is 4.80. The van der Waals surface area contributed by atoms with Crippen molar-refractivity contribution in [3.05, 3.63) is 72.3 Å². The zero-order valence-electron chi connectivity index (χ0n) is 13.5. The lowest BCUT2D eigenvalue weighted by Gasteiger charge is -2.11. The van der Waals surface area contributed by atoms with Crippen LogP contribution in [0.1, 0.15) is 5.56 Å². The van der Waals surface area contributed by atoms with Crippen LogP contribution in [0.15, 0.2) is 77.3 Å². The number of phenolic OH excluding ortho intramolecular Hbond substituents is 2. The molecule has 3 aromatic carbocycles. The van der Waals surface area contributed by atoms with Crippen molar-refractivity contribution < 1.29 is 19.9 Å². The van der Waals surface area contributed by atoms with Crippen molar-refractivity contribution >= 4 is 0 Å². The Morgan fingerprint density at radius 3 is 2.36 bits per heavy atom. The second-order valence-corrected chi connectivity index (χ2v) is 5.31. The van der Waals surface area contributed by atoms with Gasteiger partial charge >= 0.3 is 0 Å². The standard InChI is InChI=1S/C19H16N2O4/c1-13-6-2-3-9-16(13)19-17(23)10-5-11-18(19)25-21-20-24-15-8-4-7-14(22)12-15/h2-12,22-23H,1H3. The number of hydrogen-bond donors (Lipinski definition) is 2. The molecule has 0 atom stereocenters. The van der Waals surface area contributed by atoms with Gasteiger partial charge in [0.25, 0.3) is 0 Å². The Balaban J connectivity index is 1.80. The predicted octanol–water partition coefficient (Wildman–Crippen LogP) is 4.81. The van der Waals surface area contributed by atoms with Crippen molar-refractivity contribution in [2.75, 3.05) is 0 Å².